The molecule has 0 radical (unpaired) electrons. The van der Waals surface area contributed by atoms with Gasteiger partial charge in [0.1, 0.15) is 11.6 Å². The van der Waals surface area contributed by atoms with Crippen LogP contribution in [0.5, 0.6) is 5.75 Å². The van der Waals surface area contributed by atoms with Crippen molar-refractivity contribution < 1.29 is 4.74 Å². The first-order valence-corrected chi connectivity index (χ1v) is 9.26. The van der Waals surface area contributed by atoms with Crippen LogP contribution in [0.2, 0.25) is 5.02 Å². The van der Waals surface area contributed by atoms with Gasteiger partial charge in [-0.05, 0) is 50.1 Å². The minimum atomic E-state index is 0.303. The molecule has 2 aromatic carbocycles. The Morgan fingerprint density at radius 3 is 2.78 bits per heavy atom. The summed E-state index contributed by atoms with van der Waals surface area (Å²) in [6.07, 6.45) is 0.984. The van der Waals surface area contributed by atoms with Gasteiger partial charge in [0.05, 0.1) is 12.8 Å². The molecule has 3 aromatic rings. The van der Waals surface area contributed by atoms with Crippen molar-refractivity contribution in [1.82, 2.24) is 9.97 Å². The lowest BCUT2D eigenvalue weighted by molar-refractivity contribution is 0.417. The molecule has 1 atom stereocenters. The number of hydrogen-bond acceptors (Lipinski definition) is 5. The number of aromatic nitrogens is 2. The lowest BCUT2D eigenvalue weighted by Gasteiger charge is -2.23. The molecule has 1 aromatic heterocycles. The zero-order valence-corrected chi connectivity index (χ0v) is 16.3. The Hall–Kier alpha value is -2.79. The molecule has 0 spiro atoms. The van der Waals surface area contributed by atoms with Crippen LogP contribution in [0.3, 0.4) is 0 Å². The van der Waals surface area contributed by atoms with Gasteiger partial charge in [-0.3, -0.25) is 0 Å². The van der Waals surface area contributed by atoms with E-state index in [0.29, 0.717) is 28.6 Å². The molecule has 4 rings (SSSR count). The number of aryl methyl sites for hydroxylation is 1. The van der Waals surface area contributed by atoms with Crippen molar-refractivity contribution in [3.8, 4) is 5.75 Å². The number of rotatable bonds is 4. The van der Waals surface area contributed by atoms with Crippen LogP contribution in [0, 0.1) is 6.92 Å². The molecule has 1 unspecified atom stereocenters. The Morgan fingerprint density at radius 2 is 1.96 bits per heavy atom. The Balaban J connectivity index is 1.72. The van der Waals surface area contributed by atoms with Crippen molar-refractivity contribution in [2.45, 2.75) is 26.3 Å². The van der Waals surface area contributed by atoms with E-state index in [9.17, 15) is 0 Å². The van der Waals surface area contributed by atoms with Crippen LogP contribution in [-0.4, -0.2) is 23.1 Å². The fourth-order valence-electron chi connectivity index (χ4n) is 3.51. The zero-order chi connectivity index (χ0) is 19.0. The fraction of sp³-hybridized carbons (Fsp3) is 0.238. The van der Waals surface area contributed by atoms with Crippen molar-refractivity contribution in [3.63, 3.8) is 0 Å². The van der Waals surface area contributed by atoms with Crippen molar-refractivity contribution in [1.29, 1.82) is 0 Å². The predicted molar refractivity (Wildman–Crippen MR) is 110 cm³/mol. The van der Waals surface area contributed by atoms with E-state index in [1.807, 2.05) is 25.1 Å². The summed E-state index contributed by atoms with van der Waals surface area (Å²) < 4.78 is 5.42. The Labute approximate surface area is 164 Å². The third-order valence-electron chi connectivity index (χ3n) is 4.69. The summed E-state index contributed by atoms with van der Waals surface area (Å²) in [7, 11) is 1.63. The van der Waals surface area contributed by atoms with Crippen molar-refractivity contribution in [2.24, 2.45) is 0 Å². The summed E-state index contributed by atoms with van der Waals surface area (Å²) >= 11 is 6.14. The first kappa shape index (κ1) is 17.6. The van der Waals surface area contributed by atoms with Crippen LogP contribution < -0.4 is 15.0 Å². The lowest BCUT2D eigenvalue weighted by atomic mass is 10.1. The van der Waals surface area contributed by atoms with Gasteiger partial charge in [0.15, 0.2) is 0 Å². The molecule has 1 N–H and O–H groups in total. The maximum atomic E-state index is 6.14. The van der Waals surface area contributed by atoms with Crippen LogP contribution in [0.4, 0.5) is 23.1 Å². The van der Waals surface area contributed by atoms with Crippen LogP contribution in [-0.2, 0) is 6.42 Å². The number of hydrogen-bond donors (Lipinski definition) is 1. The maximum Gasteiger partial charge on any atom is 0.232 e. The highest BCUT2D eigenvalue weighted by atomic mass is 35.5. The fourth-order valence-corrected chi connectivity index (χ4v) is 3.68. The van der Waals surface area contributed by atoms with E-state index in [2.05, 4.69) is 46.4 Å². The van der Waals surface area contributed by atoms with Gasteiger partial charge >= 0.3 is 0 Å². The number of benzene rings is 2. The molecule has 2 heterocycles. The summed E-state index contributed by atoms with van der Waals surface area (Å²) in [4.78, 5) is 11.7. The largest absolute Gasteiger partial charge is 0.495 e. The van der Waals surface area contributed by atoms with Gasteiger partial charge in [-0.2, -0.15) is 4.98 Å². The van der Waals surface area contributed by atoms with Crippen molar-refractivity contribution in [2.75, 3.05) is 17.3 Å². The SMILES string of the molecule is COc1ccc(Cl)cc1Nc1cc(C)nc(N2c3ccccc3CC2C)n1. The number of methoxy groups -OCH3 is 1. The second-order valence-electron chi connectivity index (χ2n) is 6.72. The number of anilines is 4. The molecule has 1 aliphatic heterocycles. The maximum absolute atomic E-state index is 6.14. The van der Waals surface area contributed by atoms with Gasteiger partial charge in [0.2, 0.25) is 5.95 Å². The molecule has 0 fully saturated rings. The summed E-state index contributed by atoms with van der Waals surface area (Å²) in [5, 5.41) is 3.95. The lowest BCUT2D eigenvalue weighted by Crippen LogP contribution is -2.26. The van der Waals surface area contributed by atoms with Crippen LogP contribution in [0.25, 0.3) is 0 Å². The van der Waals surface area contributed by atoms with Gasteiger partial charge < -0.3 is 15.0 Å². The van der Waals surface area contributed by atoms with Crippen LogP contribution in [0.15, 0.2) is 48.5 Å². The third kappa shape index (κ3) is 3.43. The smallest absolute Gasteiger partial charge is 0.232 e. The summed E-state index contributed by atoms with van der Waals surface area (Å²) in [6.45, 7) is 4.16. The van der Waals surface area contributed by atoms with E-state index in [1.54, 1.807) is 13.2 Å². The Kier molecular flexibility index (Phi) is 4.62. The highest BCUT2D eigenvalue weighted by Gasteiger charge is 2.29. The van der Waals surface area contributed by atoms with E-state index in [1.165, 1.54) is 11.3 Å². The quantitative estimate of drug-likeness (QED) is 0.667. The molecule has 0 amide bonds. The molecule has 138 valence electrons. The minimum Gasteiger partial charge on any atom is -0.495 e. The number of halogens is 1. The highest BCUT2D eigenvalue weighted by Crippen LogP contribution is 2.37. The molecule has 6 heteroatoms. The highest BCUT2D eigenvalue weighted by molar-refractivity contribution is 6.31. The summed E-state index contributed by atoms with van der Waals surface area (Å²) in [5.41, 5.74) is 4.15. The van der Waals surface area contributed by atoms with Gasteiger partial charge in [-0.15, -0.1) is 0 Å². The number of fused-ring (bicyclic) bond motifs is 1. The molecule has 5 nitrogen and oxygen atoms in total. The van der Waals surface area contributed by atoms with Gasteiger partial charge in [-0.25, -0.2) is 4.98 Å². The molecule has 0 bridgehead atoms. The summed E-state index contributed by atoms with van der Waals surface area (Å²) in [5.74, 6) is 2.10. The topological polar surface area (TPSA) is 50.3 Å². The number of para-hydroxylation sites is 1. The molecule has 0 saturated heterocycles. The van der Waals surface area contributed by atoms with E-state index >= 15 is 0 Å². The average molecular weight is 381 g/mol. The van der Waals surface area contributed by atoms with Gasteiger partial charge in [0.25, 0.3) is 0 Å². The average Bonchev–Trinajstić information content (AvgIpc) is 2.97. The minimum absolute atomic E-state index is 0.303. The summed E-state index contributed by atoms with van der Waals surface area (Å²) in [6, 6.07) is 16.1. The molecule has 0 saturated carbocycles. The second-order valence-corrected chi connectivity index (χ2v) is 7.15. The Morgan fingerprint density at radius 1 is 1.15 bits per heavy atom. The monoisotopic (exact) mass is 380 g/mol. The van der Waals surface area contributed by atoms with E-state index in [-0.39, 0.29) is 0 Å². The van der Waals surface area contributed by atoms with E-state index < -0.39 is 0 Å². The predicted octanol–water partition coefficient (Wildman–Crippen LogP) is 5.27. The second kappa shape index (κ2) is 7.08. The molecule has 0 aliphatic carbocycles. The van der Waals surface area contributed by atoms with Crippen molar-refractivity contribution >= 4 is 34.7 Å². The Bertz CT molecular complexity index is 992. The molecular formula is C21H21ClN4O. The molecular weight excluding hydrogens is 360 g/mol. The van der Waals surface area contributed by atoms with Gasteiger partial charge in [0, 0.05) is 28.5 Å². The van der Waals surface area contributed by atoms with Crippen LogP contribution in [0.1, 0.15) is 18.2 Å². The zero-order valence-electron chi connectivity index (χ0n) is 15.5. The number of ether oxygens (including phenoxy) is 1. The third-order valence-corrected chi connectivity index (χ3v) is 4.92. The van der Waals surface area contributed by atoms with Crippen molar-refractivity contribution in [3.05, 3.63) is 64.8 Å². The van der Waals surface area contributed by atoms with E-state index in [0.717, 1.165) is 17.8 Å². The first-order valence-electron chi connectivity index (χ1n) is 8.88. The molecule has 1 aliphatic rings. The van der Waals surface area contributed by atoms with Gasteiger partial charge in [-0.1, -0.05) is 29.8 Å². The first-order chi connectivity index (χ1) is 13.0. The number of nitrogens with one attached hydrogen (secondary N) is 1. The normalized spacial score (nSPS) is 15.6. The number of nitrogens with zero attached hydrogens (tertiary/aromatic N) is 3. The van der Waals surface area contributed by atoms with Crippen LogP contribution >= 0.6 is 11.6 Å². The molecule has 27 heavy (non-hydrogen) atoms. The standard InChI is InChI=1S/C21H21ClN4O/c1-13-10-20(24-17-12-16(22)8-9-19(17)27-3)25-21(23-13)26-14(2)11-15-6-4-5-7-18(15)26/h4-10,12,14H,11H2,1-3H3,(H,23,24,25). The van der Waals surface area contributed by atoms with E-state index in [4.69, 9.17) is 21.3 Å².